The largest absolute Gasteiger partial charge is 0.444 e. The first-order valence-electron chi connectivity index (χ1n) is 7.71. The van der Waals surface area contributed by atoms with Crippen molar-refractivity contribution in [3.05, 3.63) is 48.6 Å². The SMILES string of the molecule is C=C[C@H]([C@H](NC(=O)OC(C)(C)C)c1ccccc1)C(C)(C)C. The van der Waals surface area contributed by atoms with Crippen LogP contribution in [-0.4, -0.2) is 11.7 Å². The van der Waals surface area contributed by atoms with Gasteiger partial charge in [-0.2, -0.15) is 0 Å². The maximum Gasteiger partial charge on any atom is 0.408 e. The molecule has 1 amide bonds. The van der Waals surface area contributed by atoms with Gasteiger partial charge in [-0.25, -0.2) is 4.79 Å². The number of alkyl carbamates (subject to hydrolysis) is 1. The van der Waals surface area contributed by atoms with E-state index in [4.69, 9.17) is 4.74 Å². The van der Waals surface area contributed by atoms with Crippen molar-refractivity contribution in [2.24, 2.45) is 11.3 Å². The molecule has 0 heterocycles. The molecule has 1 aromatic rings. The summed E-state index contributed by atoms with van der Waals surface area (Å²) in [6, 6.07) is 9.78. The van der Waals surface area contributed by atoms with Crippen molar-refractivity contribution in [3.63, 3.8) is 0 Å². The highest BCUT2D eigenvalue weighted by Crippen LogP contribution is 2.37. The van der Waals surface area contributed by atoms with Crippen LogP contribution in [-0.2, 0) is 4.74 Å². The number of benzene rings is 1. The normalized spacial score (nSPS) is 14.8. The van der Waals surface area contributed by atoms with Crippen LogP contribution >= 0.6 is 0 Å². The number of nitrogens with one attached hydrogen (secondary N) is 1. The van der Waals surface area contributed by atoms with Gasteiger partial charge in [0.1, 0.15) is 5.60 Å². The third kappa shape index (κ3) is 5.55. The number of rotatable bonds is 4. The maximum absolute atomic E-state index is 12.2. The first-order valence-corrected chi connectivity index (χ1v) is 7.71. The van der Waals surface area contributed by atoms with Gasteiger partial charge < -0.3 is 10.1 Å². The summed E-state index contributed by atoms with van der Waals surface area (Å²) >= 11 is 0. The van der Waals surface area contributed by atoms with Crippen LogP contribution in [0.15, 0.2) is 43.0 Å². The molecule has 3 nitrogen and oxygen atoms in total. The zero-order valence-electron chi connectivity index (χ0n) is 14.6. The van der Waals surface area contributed by atoms with Crippen molar-refractivity contribution >= 4 is 6.09 Å². The number of ether oxygens (including phenoxy) is 1. The third-order valence-electron chi connectivity index (χ3n) is 3.44. The second-order valence-corrected chi connectivity index (χ2v) is 7.66. The topological polar surface area (TPSA) is 38.3 Å². The fourth-order valence-electron chi connectivity index (χ4n) is 2.46. The van der Waals surface area contributed by atoms with E-state index in [1.807, 2.05) is 57.2 Å². The van der Waals surface area contributed by atoms with E-state index in [1.165, 1.54) is 0 Å². The van der Waals surface area contributed by atoms with Crippen LogP contribution in [0.4, 0.5) is 4.79 Å². The summed E-state index contributed by atoms with van der Waals surface area (Å²) in [6.07, 6.45) is 1.51. The minimum Gasteiger partial charge on any atom is -0.444 e. The van der Waals surface area contributed by atoms with Crippen molar-refractivity contribution in [2.45, 2.75) is 53.2 Å². The van der Waals surface area contributed by atoms with Gasteiger partial charge in [-0.1, -0.05) is 57.2 Å². The second-order valence-electron chi connectivity index (χ2n) is 7.66. The Morgan fingerprint density at radius 2 is 1.68 bits per heavy atom. The minimum atomic E-state index is -0.517. The van der Waals surface area contributed by atoms with E-state index in [2.05, 4.69) is 32.7 Å². The van der Waals surface area contributed by atoms with Crippen LogP contribution in [0.2, 0.25) is 0 Å². The van der Waals surface area contributed by atoms with E-state index >= 15 is 0 Å². The van der Waals surface area contributed by atoms with Gasteiger partial charge in [-0.05, 0) is 31.7 Å². The molecule has 0 aliphatic carbocycles. The molecule has 0 unspecified atom stereocenters. The summed E-state index contributed by atoms with van der Waals surface area (Å²) in [7, 11) is 0. The summed E-state index contributed by atoms with van der Waals surface area (Å²) < 4.78 is 5.41. The Hall–Kier alpha value is -1.77. The maximum atomic E-state index is 12.2. The van der Waals surface area contributed by atoms with Crippen LogP contribution in [0.1, 0.15) is 53.1 Å². The molecule has 0 aromatic heterocycles. The number of carbonyl (C=O) groups is 1. The standard InChI is InChI=1S/C19H29NO2/c1-8-15(18(2,3)4)16(14-12-10-9-11-13-14)20-17(21)22-19(5,6)7/h8-13,15-16H,1H2,2-7H3,(H,20,21)/t15-,16-/m1/s1. The van der Waals surface area contributed by atoms with Gasteiger partial charge in [-0.3, -0.25) is 0 Å². The lowest BCUT2D eigenvalue weighted by Crippen LogP contribution is -2.40. The van der Waals surface area contributed by atoms with E-state index in [0.29, 0.717) is 0 Å². The Morgan fingerprint density at radius 1 is 1.14 bits per heavy atom. The molecule has 0 spiro atoms. The van der Waals surface area contributed by atoms with Crippen LogP contribution < -0.4 is 5.32 Å². The van der Waals surface area contributed by atoms with Gasteiger partial charge in [-0.15, -0.1) is 6.58 Å². The monoisotopic (exact) mass is 303 g/mol. The number of carbonyl (C=O) groups excluding carboxylic acids is 1. The second kappa shape index (κ2) is 6.99. The summed E-state index contributed by atoms with van der Waals surface area (Å²) in [5.74, 6) is 0.0856. The van der Waals surface area contributed by atoms with Crippen LogP contribution in [0.25, 0.3) is 0 Å². The average Bonchev–Trinajstić information content (AvgIpc) is 2.35. The lowest BCUT2D eigenvalue weighted by atomic mass is 9.74. The quantitative estimate of drug-likeness (QED) is 0.786. The highest BCUT2D eigenvalue weighted by atomic mass is 16.6. The van der Waals surface area contributed by atoms with Gasteiger partial charge in [0.15, 0.2) is 0 Å². The third-order valence-corrected chi connectivity index (χ3v) is 3.44. The predicted octanol–water partition coefficient (Wildman–Crippen LogP) is 5.10. The summed E-state index contributed by atoms with van der Waals surface area (Å²) in [5, 5.41) is 3.02. The molecule has 3 heteroatoms. The smallest absolute Gasteiger partial charge is 0.408 e. The van der Waals surface area contributed by atoms with Gasteiger partial charge >= 0.3 is 6.09 Å². The van der Waals surface area contributed by atoms with E-state index < -0.39 is 11.7 Å². The van der Waals surface area contributed by atoms with Crippen molar-refractivity contribution < 1.29 is 9.53 Å². The first-order chi connectivity index (χ1) is 10.0. The molecule has 0 saturated heterocycles. The van der Waals surface area contributed by atoms with Crippen LogP contribution in [0.3, 0.4) is 0 Å². The van der Waals surface area contributed by atoms with Crippen LogP contribution in [0, 0.1) is 11.3 Å². The minimum absolute atomic E-state index is 0.0305. The van der Waals surface area contributed by atoms with Crippen molar-refractivity contribution in [2.75, 3.05) is 0 Å². The molecule has 0 fully saturated rings. The number of hydrogen-bond donors (Lipinski definition) is 1. The molecule has 2 atom stereocenters. The number of amides is 1. The highest BCUT2D eigenvalue weighted by molar-refractivity contribution is 5.68. The molecule has 22 heavy (non-hydrogen) atoms. The zero-order chi connectivity index (χ0) is 17.0. The van der Waals surface area contributed by atoms with Gasteiger partial charge in [0.2, 0.25) is 0 Å². The summed E-state index contributed by atoms with van der Waals surface area (Å²) in [6.45, 7) is 16.0. The Labute approximate surface area is 134 Å². The molecule has 122 valence electrons. The Kier molecular flexibility index (Phi) is 5.81. The molecule has 1 rings (SSSR count). The van der Waals surface area contributed by atoms with Gasteiger partial charge in [0.25, 0.3) is 0 Å². The van der Waals surface area contributed by atoms with Crippen LogP contribution in [0.5, 0.6) is 0 Å². The molecule has 0 aliphatic rings. The Bertz CT molecular complexity index is 494. The van der Waals surface area contributed by atoms with Crippen molar-refractivity contribution in [1.29, 1.82) is 0 Å². The average molecular weight is 303 g/mol. The molecular formula is C19H29NO2. The van der Waals surface area contributed by atoms with Crippen molar-refractivity contribution in [3.8, 4) is 0 Å². The van der Waals surface area contributed by atoms with E-state index in [1.54, 1.807) is 0 Å². The van der Waals surface area contributed by atoms with E-state index in [9.17, 15) is 4.79 Å². The van der Waals surface area contributed by atoms with Crippen molar-refractivity contribution in [1.82, 2.24) is 5.32 Å². The predicted molar refractivity (Wildman–Crippen MR) is 91.7 cm³/mol. The van der Waals surface area contributed by atoms with Gasteiger partial charge in [0.05, 0.1) is 6.04 Å². The molecule has 0 bridgehead atoms. The van der Waals surface area contributed by atoms with E-state index in [0.717, 1.165) is 5.56 Å². The molecule has 0 saturated carbocycles. The highest BCUT2D eigenvalue weighted by Gasteiger charge is 2.33. The molecule has 0 aliphatic heterocycles. The molecule has 0 radical (unpaired) electrons. The molecule has 1 aromatic carbocycles. The Balaban J connectivity index is 3.07. The lowest BCUT2D eigenvalue weighted by Gasteiger charge is -2.36. The summed E-state index contributed by atoms with van der Waals surface area (Å²) in [5.41, 5.74) is 0.502. The lowest BCUT2D eigenvalue weighted by molar-refractivity contribution is 0.0471. The first kappa shape index (κ1) is 18.3. The summed E-state index contributed by atoms with van der Waals surface area (Å²) in [4.78, 5) is 12.2. The van der Waals surface area contributed by atoms with Gasteiger partial charge in [0, 0.05) is 5.92 Å². The van der Waals surface area contributed by atoms with E-state index in [-0.39, 0.29) is 17.4 Å². The Morgan fingerprint density at radius 3 is 2.09 bits per heavy atom. The molecular weight excluding hydrogens is 274 g/mol. The molecule has 1 N–H and O–H groups in total. The number of hydrogen-bond acceptors (Lipinski definition) is 2. The fraction of sp³-hybridized carbons (Fsp3) is 0.526. The fourth-order valence-corrected chi connectivity index (χ4v) is 2.46. The zero-order valence-corrected chi connectivity index (χ0v) is 14.6.